The van der Waals surface area contributed by atoms with Crippen molar-refractivity contribution in [1.29, 1.82) is 0 Å². The number of alkyl halides is 1. The van der Waals surface area contributed by atoms with Crippen LogP contribution in [0.15, 0.2) is 18.2 Å². The SMILES string of the molecule is CCOCCOc1ccc(C#CCCCl)cc1C. The van der Waals surface area contributed by atoms with E-state index in [1.165, 1.54) is 0 Å². The summed E-state index contributed by atoms with van der Waals surface area (Å²) in [5.41, 5.74) is 2.08. The van der Waals surface area contributed by atoms with Gasteiger partial charge < -0.3 is 9.47 Å². The third-order valence-corrected chi connectivity index (χ3v) is 2.51. The van der Waals surface area contributed by atoms with E-state index in [1.54, 1.807) is 0 Å². The summed E-state index contributed by atoms with van der Waals surface area (Å²) in [4.78, 5) is 0. The second-order valence-corrected chi connectivity index (χ2v) is 4.14. The van der Waals surface area contributed by atoms with Gasteiger partial charge in [-0.25, -0.2) is 0 Å². The minimum Gasteiger partial charge on any atom is -0.491 e. The molecule has 0 bridgehead atoms. The molecule has 0 heterocycles. The lowest BCUT2D eigenvalue weighted by molar-refractivity contribution is 0.110. The van der Waals surface area contributed by atoms with Crippen molar-refractivity contribution < 1.29 is 9.47 Å². The quantitative estimate of drug-likeness (QED) is 0.446. The van der Waals surface area contributed by atoms with E-state index in [9.17, 15) is 0 Å². The second kappa shape index (κ2) is 8.85. The third kappa shape index (κ3) is 5.44. The van der Waals surface area contributed by atoms with Gasteiger partial charge in [0, 0.05) is 24.5 Å². The summed E-state index contributed by atoms with van der Waals surface area (Å²) in [6.45, 7) is 5.90. The Balaban J connectivity index is 2.54. The molecule has 0 unspecified atom stereocenters. The zero-order valence-electron chi connectivity index (χ0n) is 11.0. The van der Waals surface area contributed by atoms with Crippen molar-refractivity contribution in [3.05, 3.63) is 29.3 Å². The number of hydrogen-bond donors (Lipinski definition) is 0. The van der Waals surface area contributed by atoms with Crippen LogP contribution in [0.3, 0.4) is 0 Å². The standard InChI is InChI=1S/C15H19ClO2/c1-3-17-10-11-18-15-8-7-14(12-13(15)2)6-4-5-9-16/h7-8,12H,3,5,9-11H2,1-2H3. The molecule has 3 heteroatoms. The van der Waals surface area contributed by atoms with Gasteiger partial charge in [-0.3, -0.25) is 0 Å². The van der Waals surface area contributed by atoms with Crippen molar-refractivity contribution in [3.8, 4) is 17.6 Å². The van der Waals surface area contributed by atoms with E-state index < -0.39 is 0 Å². The van der Waals surface area contributed by atoms with Crippen LogP contribution in [0.2, 0.25) is 0 Å². The predicted octanol–water partition coefficient (Wildman–Crippen LogP) is 3.39. The molecule has 0 N–H and O–H groups in total. The summed E-state index contributed by atoms with van der Waals surface area (Å²) < 4.78 is 10.8. The van der Waals surface area contributed by atoms with Crippen LogP contribution in [0.25, 0.3) is 0 Å². The summed E-state index contributed by atoms with van der Waals surface area (Å²) in [7, 11) is 0. The van der Waals surface area contributed by atoms with E-state index in [0.717, 1.165) is 23.5 Å². The van der Waals surface area contributed by atoms with Crippen LogP contribution >= 0.6 is 11.6 Å². The number of halogens is 1. The van der Waals surface area contributed by atoms with Gasteiger partial charge >= 0.3 is 0 Å². The van der Waals surface area contributed by atoms with Gasteiger partial charge in [-0.2, -0.15) is 0 Å². The summed E-state index contributed by atoms with van der Waals surface area (Å²) in [5, 5.41) is 0. The Morgan fingerprint density at radius 3 is 2.78 bits per heavy atom. The third-order valence-electron chi connectivity index (χ3n) is 2.32. The molecular formula is C15H19ClO2. The van der Waals surface area contributed by atoms with Gasteiger partial charge in [0.25, 0.3) is 0 Å². The fourth-order valence-corrected chi connectivity index (χ4v) is 1.55. The minimum absolute atomic E-state index is 0.574. The molecule has 0 fully saturated rings. The molecule has 0 spiro atoms. The molecule has 1 rings (SSSR count). The average Bonchev–Trinajstić information content (AvgIpc) is 2.37. The highest BCUT2D eigenvalue weighted by molar-refractivity contribution is 6.18. The van der Waals surface area contributed by atoms with Gasteiger partial charge in [-0.1, -0.05) is 11.8 Å². The van der Waals surface area contributed by atoms with Crippen molar-refractivity contribution in [2.45, 2.75) is 20.3 Å². The van der Waals surface area contributed by atoms with Crippen LogP contribution in [0.1, 0.15) is 24.5 Å². The lowest BCUT2D eigenvalue weighted by Gasteiger charge is -2.09. The fourth-order valence-electron chi connectivity index (χ4n) is 1.46. The predicted molar refractivity (Wildman–Crippen MR) is 75.4 cm³/mol. The molecular weight excluding hydrogens is 248 g/mol. The summed E-state index contributed by atoms with van der Waals surface area (Å²) >= 11 is 5.57. The maximum absolute atomic E-state index is 5.63. The van der Waals surface area contributed by atoms with E-state index in [2.05, 4.69) is 11.8 Å². The van der Waals surface area contributed by atoms with Gasteiger partial charge in [0.2, 0.25) is 0 Å². The Kier molecular flexibility index (Phi) is 7.32. The first-order valence-electron chi connectivity index (χ1n) is 6.14. The Hall–Kier alpha value is -1.17. The van der Waals surface area contributed by atoms with E-state index in [0.29, 0.717) is 25.5 Å². The van der Waals surface area contributed by atoms with Crippen LogP contribution in [-0.4, -0.2) is 25.7 Å². The van der Waals surface area contributed by atoms with E-state index in [1.807, 2.05) is 32.0 Å². The molecule has 0 aromatic heterocycles. The molecule has 0 amide bonds. The summed E-state index contributed by atoms with van der Waals surface area (Å²) in [6.07, 6.45) is 0.715. The first kappa shape index (κ1) is 14.9. The van der Waals surface area contributed by atoms with Crippen LogP contribution in [-0.2, 0) is 4.74 Å². The lowest BCUT2D eigenvalue weighted by Crippen LogP contribution is -2.07. The molecule has 2 nitrogen and oxygen atoms in total. The molecule has 0 radical (unpaired) electrons. The number of aryl methyl sites for hydroxylation is 1. The molecule has 0 atom stereocenters. The molecule has 0 aliphatic heterocycles. The van der Waals surface area contributed by atoms with Gasteiger partial charge in [0.05, 0.1) is 6.61 Å². The van der Waals surface area contributed by atoms with Crippen LogP contribution in [0.4, 0.5) is 0 Å². The fraction of sp³-hybridized carbons (Fsp3) is 0.467. The Labute approximate surface area is 114 Å². The normalized spacial score (nSPS) is 9.72. The van der Waals surface area contributed by atoms with E-state index in [4.69, 9.17) is 21.1 Å². The molecule has 18 heavy (non-hydrogen) atoms. The molecule has 0 aliphatic carbocycles. The Morgan fingerprint density at radius 2 is 2.11 bits per heavy atom. The summed E-state index contributed by atoms with van der Waals surface area (Å²) in [6, 6.07) is 5.94. The molecule has 0 aliphatic rings. The maximum Gasteiger partial charge on any atom is 0.122 e. The number of rotatable bonds is 6. The smallest absolute Gasteiger partial charge is 0.122 e. The first-order chi connectivity index (χ1) is 8.77. The van der Waals surface area contributed by atoms with Gasteiger partial charge in [-0.15, -0.1) is 11.6 Å². The molecule has 1 aromatic rings. The lowest BCUT2D eigenvalue weighted by atomic mass is 10.1. The monoisotopic (exact) mass is 266 g/mol. The molecule has 1 aromatic carbocycles. The second-order valence-electron chi connectivity index (χ2n) is 3.77. The maximum atomic E-state index is 5.63. The zero-order valence-corrected chi connectivity index (χ0v) is 11.7. The molecule has 98 valence electrons. The van der Waals surface area contributed by atoms with Crippen molar-refractivity contribution >= 4 is 11.6 Å². The number of hydrogen-bond acceptors (Lipinski definition) is 2. The van der Waals surface area contributed by atoms with Gasteiger partial charge in [0.15, 0.2) is 0 Å². The number of benzene rings is 1. The molecule has 0 saturated heterocycles. The topological polar surface area (TPSA) is 18.5 Å². The van der Waals surface area contributed by atoms with Crippen LogP contribution in [0.5, 0.6) is 5.75 Å². The van der Waals surface area contributed by atoms with Crippen molar-refractivity contribution in [1.82, 2.24) is 0 Å². The minimum atomic E-state index is 0.574. The summed E-state index contributed by atoms with van der Waals surface area (Å²) in [5.74, 6) is 7.55. The van der Waals surface area contributed by atoms with Crippen molar-refractivity contribution in [2.24, 2.45) is 0 Å². The highest BCUT2D eigenvalue weighted by Gasteiger charge is 1.99. The van der Waals surface area contributed by atoms with Crippen molar-refractivity contribution in [2.75, 3.05) is 25.7 Å². The van der Waals surface area contributed by atoms with Crippen molar-refractivity contribution in [3.63, 3.8) is 0 Å². The largest absolute Gasteiger partial charge is 0.491 e. The van der Waals surface area contributed by atoms with E-state index >= 15 is 0 Å². The van der Waals surface area contributed by atoms with Crippen LogP contribution in [0, 0.1) is 18.8 Å². The highest BCUT2D eigenvalue weighted by atomic mass is 35.5. The average molecular weight is 267 g/mol. The first-order valence-corrected chi connectivity index (χ1v) is 6.67. The Bertz CT molecular complexity index is 418. The van der Waals surface area contributed by atoms with Gasteiger partial charge in [-0.05, 0) is 37.6 Å². The molecule has 0 saturated carbocycles. The number of ether oxygens (including phenoxy) is 2. The Morgan fingerprint density at radius 1 is 1.28 bits per heavy atom. The zero-order chi connectivity index (χ0) is 13.2. The highest BCUT2D eigenvalue weighted by Crippen LogP contribution is 2.18. The van der Waals surface area contributed by atoms with Gasteiger partial charge in [0.1, 0.15) is 12.4 Å². The van der Waals surface area contributed by atoms with E-state index in [-0.39, 0.29) is 0 Å². The van der Waals surface area contributed by atoms with Crippen LogP contribution < -0.4 is 4.74 Å².